The Kier molecular flexibility index (Phi) is 38.8. The molecule has 1 aromatic carbocycles. The molecule has 4 bridgehead atoms. The minimum absolute atomic E-state index is 0. The molecule has 0 amide bonds. The molecule has 0 aromatic heterocycles. The second kappa shape index (κ2) is 37.1. The van der Waals surface area contributed by atoms with Crippen molar-refractivity contribution in [2.75, 3.05) is 79.9 Å². The van der Waals surface area contributed by atoms with Gasteiger partial charge >= 0.3 is 0 Å². The van der Waals surface area contributed by atoms with Gasteiger partial charge in [0.25, 0.3) is 0 Å². The fraction of sp³-hybridized carbons (Fsp3) is 0.908. The largest absolute Gasteiger partial charge is 0.388 e. The van der Waals surface area contributed by atoms with Crippen LogP contribution in [-0.4, -0.2) is 113 Å². The van der Waals surface area contributed by atoms with Crippen LogP contribution in [0.3, 0.4) is 0 Å². The van der Waals surface area contributed by atoms with E-state index < -0.39 is 0 Å². The van der Waals surface area contributed by atoms with Crippen LogP contribution >= 0.6 is 11.8 Å². The molecule has 0 spiro atoms. The van der Waals surface area contributed by atoms with Crippen LogP contribution in [0.1, 0.15) is 250 Å². The molecule has 1 aromatic rings. The van der Waals surface area contributed by atoms with Gasteiger partial charge < -0.3 is 37.2 Å². The van der Waals surface area contributed by atoms with Crippen LogP contribution in [0.25, 0.3) is 0 Å². The van der Waals surface area contributed by atoms with E-state index in [1.165, 1.54) is 183 Å². The number of nitrogens with one attached hydrogen (secondary N) is 7. The SMILES string of the molecule is C.C.C.C.C.C.CN1CCSC1.CNC1(C)CC1.CNC1(C)CCC1.CNC1(C)CCCC1.CNC1(C)CCCCC1.CNC12CC3CC(CC(C3)C1)C2.CNC12CCCC1CCC2.CNc1c(C)cccc1C. The minimum Gasteiger partial charge on any atom is -0.388 e. The van der Waals surface area contributed by atoms with E-state index in [0.29, 0.717) is 33.2 Å². The average molecular weight is 1060 g/mol. The van der Waals surface area contributed by atoms with Gasteiger partial charge in [-0.05, 0) is 248 Å². The minimum atomic E-state index is 0. The number of aryl methyl sites for hydroxylation is 2. The molecule has 0 radical (unpaired) electrons. The van der Waals surface area contributed by atoms with Gasteiger partial charge in [-0.1, -0.05) is 108 Å². The van der Waals surface area contributed by atoms with Crippen molar-refractivity contribution in [3.05, 3.63) is 29.3 Å². The van der Waals surface area contributed by atoms with Gasteiger partial charge in [-0.2, -0.15) is 0 Å². The first-order valence-electron chi connectivity index (χ1n) is 28.5. The Labute approximate surface area is 471 Å². The summed E-state index contributed by atoms with van der Waals surface area (Å²) >= 11 is 2.01. The number of fused-ring (bicyclic) bond motifs is 1. The first kappa shape index (κ1) is 77.3. The molecule has 1 aliphatic heterocycles. The van der Waals surface area contributed by atoms with Crippen LogP contribution in [0.5, 0.6) is 0 Å². The maximum Gasteiger partial charge on any atom is 0.0442 e. The first-order chi connectivity index (χ1) is 32.4. The Morgan fingerprint density at radius 2 is 0.851 bits per heavy atom. The summed E-state index contributed by atoms with van der Waals surface area (Å²) in [7, 11) is 16.6. The van der Waals surface area contributed by atoms with E-state index >= 15 is 0 Å². The van der Waals surface area contributed by atoms with Crippen LogP contribution in [-0.2, 0) is 0 Å². The van der Waals surface area contributed by atoms with Gasteiger partial charge in [0.15, 0.2) is 0 Å². The molecule has 11 fully saturated rings. The molecular formula is C65H138N8S. The average Bonchev–Trinajstić information content (AvgIpc) is 3.82. The van der Waals surface area contributed by atoms with Gasteiger partial charge in [0.1, 0.15) is 0 Å². The maximum absolute atomic E-state index is 3.61. The smallest absolute Gasteiger partial charge is 0.0442 e. The zero-order valence-electron chi connectivity index (χ0n) is 47.4. The highest BCUT2D eigenvalue weighted by atomic mass is 32.2. The number of para-hydroxylation sites is 1. The lowest BCUT2D eigenvalue weighted by Gasteiger charge is -2.56. The summed E-state index contributed by atoms with van der Waals surface area (Å²) in [5, 5.41) is 23.5. The number of hydrogen-bond acceptors (Lipinski definition) is 9. The number of nitrogens with zero attached hydrogens (tertiary/aromatic N) is 1. The third-order valence-electron chi connectivity index (χ3n) is 19.4. The lowest BCUT2D eigenvalue weighted by Crippen LogP contribution is -2.57. The van der Waals surface area contributed by atoms with Gasteiger partial charge in [-0.25, -0.2) is 0 Å². The summed E-state index contributed by atoms with van der Waals surface area (Å²) in [5.41, 5.74) is 7.07. The Morgan fingerprint density at radius 1 is 0.473 bits per heavy atom. The molecule has 7 N–H and O–H groups in total. The van der Waals surface area contributed by atoms with Gasteiger partial charge in [0.2, 0.25) is 0 Å². The quantitative estimate of drug-likeness (QED) is 0.144. The second-order valence-corrected chi connectivity index (χ2v) is 25.9. The molecule has 9 heteroatoms. The van der Waals surface area contributed by atoms with Crippen LogP contribution in [0.4, 0.5) is 5.69 Å². The lowest BCUT2D eigenvalue weighted by atomic mass is 9.53. The predicted octanol–water partition coefficient (Wildman–Crippen LogP) is 16.3. The van der Waals surface area contributed by atoms with Crippen molar-refractivity contribution in [3.8, 4) is 0 Å². The molecule has 1 heterocycles. The highest BCUT2D eigenvalue weighted by Crippen LogP contribution is 2.55. The van der Waals surface area contributed by atoms with Crippen molar-refractivity contribution in [1.82, 2.24) is 36.8 Å². The summed E-state index contributed by atoms with van der Waals surface area (Å²) in [5.74, 6) is 6.85. The van der Waals surface area contributed by atoms with Crippen LogP contribution in [0.2, 0.25) is 0 Å². The highest BCUT2D eigenvalue weighted by Gasteiger charge is 2.50. The third kappa shape index (κ3) is 24.6. The molecule has 8 nitrogen and oxygen atoms in total. The van der Waals surface area contributed by atoms with Crippen molar-refractivity contribution in [2.24, 2.45) is 23.7 Å². The van der Waals surface area contributed by atoms with Crippen molar-refractivity contribution in [3.63, 3.8) is 0 Å². The maximum atomic E-state index is 3.61. The molecule has 12 rings (SSSR count). The number of rotatable bonds is 7. The zero-order chi connectivity index (χ0) is 49.9. The van der Waals surface area contributed by atoms with Gasteiger partial charge in [0.05, 0.1) is 0 Å². The number of anilines is 1. The number of thioether (sulfide) groups is 1. The Morgan fingerprint density at radius 3 is 1.07 bits per heavy atom. The molecule has 74 heavy (non-hydrogen) atoms. The molecule has 0 unspecified atom stereocenters. The summed E-state index contributed by atoms with van der Waals surface area (Å²) in [4.78, 5) is 2.32. The summed E-state index contributed by atoms with van der Waals surface area (Å²) in [6, 6.07) is 6.29. The summed E-state index contributed by atoms with van der Waals surface area (Å²) < 4.78 is 0. The molecular weight excluding hydrogens is 925 g/mol. The molecule has 444 valence electrons. The predicted molar refractivity (Wildman–Crippen MR) is 343 cm³/mol. The van der Waals surface area contributed by atoms with Gasteiger partial charge in [0, 0.05) is 64.1 Å². The Balaban J connectivity index is -0.000000777. The van der Waals surface area contributed by atoms with Crippen LogP contribution < -0.4 is 37.2 Å². The lowest BCUT2D eigenvalue weighted by molar-refractivity contribution is -0.0158. The van der Waals surface area contributed by atoms with E-state index in [1.54, 1.807) is 19.3 Å². The fourth-order valence-electron chi connectivity index (χ4n) is 13.5. The van der Waals surface area contributed by atoms with E-state index in [4.69, 9.17) is 0 Å². The molecule has 0 atom stereocenters. The summed E-state index contributed by atoms with van der Waals surface area (Å²) in [6.45, 7) is 14.7. The number of hydrogen-bond donors (Lipinski definition) is 7. The van der Waals surface area contributed by atoms with Gasteiger partial charge in [-0.15, -0.1) is 11.8 Å². The topological polar surface area (TPSA) is 87.5 Å². The molecule has 10 aliphatic carbocycles. The van der Waals surface area contributed by atoms with E-state index in [9.17, 15) is 0 Å². The second-order valence-electron chi connectivity index (χ2n) is 24.8. The molecule has 10 saturated carbocycles. The van der Waals surface area contributed by atoms with E-state index in [-0.39, 0.29) is 44.6 Å². The number of benzene rings is 1. The van der Waals surface area contributed by atoms with Crippen molar-refractivity contribution >= 4 is 17.4 Å². The third-order valence-corrected chi connectivity index (χ3v) is 20.5. The van der Waals surface area contributed by atoms with Crippen molar-refractivity contribution in [2.45, 2.75) is 286 Å². The Bertz CT molecular complexity index is 1450. The fourth-order valence-corrected chi connectivity index (χ4v) is 14.5. The van der Waals surface area contributed by atoms with E-state index in [1.807, 2.05) is 32.9 Å². The zero-order valence-corrected chi connectivity index (χ0v) is 48.2. The molecule has 1 saturated heterocycles. The normalized spacial score (nSPS) is 29.4. The summed E-state index contributed by atoms with van der Waals surface area (Å²) in [6.07, 6.45) is 37.3. The van der Waals surface area contributed by atoms with Gasteiger partial charge in [-0.3, -0.25) is 4.90 Å². The first-order valence-corrected chi connectivity index (χ1v) is 29.7. The van der Waals surface area contributed by atoms with Crippen molar-refractivity contribution in [1.29, 1.82) is 0 Å². The van der Waals surface area contributed by atoms with Crippen LogP contribution in [0, 0.1) is 37.5 Å². The van der Waals surface area contributed by atoms with Crippen molar-refractivity contribution < 1.29 is 0 Å². The monoisotopic (exact) mass is 1060 g/mol. The van der Waals surface area contributed by atoms with E-state index in [0.717, 1.165) is 23.7 Å². The van der Waals surface area contributed by atoms with Crippen LogP contribution in [0.15, 0.2) is 18.2 Å². The Hall–Kier alpha value is -0.910. The standard InChI is InChI=1S/C11H19N.C9H17N.C9H13N.C8H17N.C7H15N.C6H13N.C5H11N.C4H9NS.6CH4/c1-12-11-5-8-2-9(6-11)4-10(3-8)7-11;1-10-9-6-2-4-8(9)5-3-7-9;1-7-5-4-6-8(2)9(7)10-3;1-8(9-2)6-4-3-5-7-8;1-7(8-2)5-3-4-6-7;1-6(7-2)4-3-5-6;1-5(6-2)3-4-5;1-5-2-3-6-4-5;;;;;;/h8-10,12H,2-7H2,1H3;8,10H,2-7H2,1H3;4-6,10H,1-3H3;9H,3-7H2,1-2H3;8H,3-6H2,1-2H3;7H,3-5H2,1-2H3;6H,3-4H2,1-2H3;2-4H2,1H3;6*1H4. The highest BCUT2D eigenvalue weighted by molar-refractivity contribution is 7.99. The van der Waals surface area contributed by atoms with E-state index in [2.05, 4.69) is 137 Å². The molecule has 11 aliphatic rings.